The van der Waals surface area contributed by atoms with Gasteiger partial charge in [-0.05, 0) is 30.5 Å². The number of aromatic nitrogens is 2. The third-order valence-corrected chi connectivity index (χ3v) is 5.54. The Hall–Kier alpha value is -3.32. The lowest BCUT2D eigenvalue weighted by Crippen LogP contribution is -2.27. The summed E-state index contributed by atoms with van der Waals surface area (Å²) in [5, 5.41) is 0. The molecule has 2 aromatic carbocycles. The van der Waals surface area contributed by atoms with Crippen LogP contribution in [0.25, 0.3) is 11.3 Å². The minimum Gasteiger partial charge on any atom is -0.382 e. The molecule has 0 radical (unpaired) electrons. The molecule has 1 aliphatic heterocycles. The van der Waals surface area contributed by atoms with Crippen LogP contribution in [0.4, 0.5) is 10.2 Å². The molecule has 7 heteroatoms. The van der Waals surface area contributed by atoms with E-state index in [1.54, 1.807) is 19.3 Å². The van der Waals surface area contributed by atoms with E-state index in [0.29, 0.717) is 31.0 Å². The topological polar surface area (TPSA) is 81.3 Å². The van der Waals surface area contributed by atoms with Crippen molar-refractivity contribution in [3.63, 3.8) is 0 Å². The van der Waals surface area contributed by atoms with Crippen molar-refractivity contribution in [3.8, 4) is 11.3 Å². The van der Waals surface area contributed by atoms with Crippen LogP contribution in [-0.4, -0.2) is 41.0 Å². The zero-order valence-corrected chi connectivity index (χ0v) is 17.4. The number of hydrogen-bond acceptors (Lipinski definition) is 5. The van der Waals surface area contributed by atoms with Gasteiger partial charge in [0.1, 0.15) is 17.3 Å². The summed E-state index contributed by atoms with van der Waals surface area (Å²) in [7, 11) is 1.66. The molecule has 0 aliphatic carbocycles. The molecule has 4 rings (SSSR count). The second-order valence-electron chi connectivity index (χ2n) is 7.76. The van der Waals surface area contributed by atoms with Crippen molar-refractivity contribution in [1.29, 1.82) is 0 Å². The van der Waals surface area contributed by atoms with Gasteiger partial charge >= 0.3 is 0 Å². The maximum atomic E-state index is 14.9. The summed E-state index contributed by atoms with van der Waals surface area (Å²) >= 11 is 0. The number of amides is 1. The lowest BCUT2D eigenvalue weighted by Gasteiger charge is -2.22. The van der Waals surface area contributed by atoms with E-state index in [1.165, 1.54) is 17.0 Å². The van der Waals surface area contributed by atoms with Gasteiger partial charge in [0.05, 0.1) is 17.5 Å². The summed E-state index contributed by atoms with van der Waals surface area (Å²) in [4.78, 5) is 23.2. The average Bonchev–Trinajstić information content (AvgIpc) is 2.80. The Balaban J connectivity index is 1.56. The summed E-state index contributed by atoms with van der Waals surface area (Å²) < 4.78 is 20.3. The number of carbonyl (C=O) groups is 1. The molecule has 160 valence electrons. The maximum Gasteiger partial charge on any atom is 0.256 e. The van der Waals surface area contributed by atoms with Crippen molar-refractivity contribution in [2.75, 3.05) is 26.0 Å². The highest BCUT2D eigenvalue weighted by Crippen LogP contribution is 2.30. The van der Waals surface area contributed by atoms with E-state index in [2.05, 4.69) is 9.97 Å². The third kappa shape index (κ3) is 4.72. The zero-order chi connectivity index (χ0) is 21.8. The molecule has 1 saturated heterocycles. The number of carbonyl (C=O) groups excluding carboxylic acids is 1. The molecule has 0 spiro atoms. The van der Waals surface area contributed by atoms with Crippen LogP contribution in [-0.2, 0) is 11.3 Å². The Bertz CT molecular complexity index is 1070. The van der Waals surface area contributed by atoms with E-state index < -0.39 is 5.82 Å². The van der Waals surface area contributed by atoms with Gasteiger partial charge in [0.2, 0.25) is 0 Å². The summed E-state index contributed by atoms with van der Waals surface area (Å²) in [6.45, 7) is 1.77. The Labute approximate surface area is 180 Å². The van der Waals surface area contributed by atoms with Crippen molar-refractivity contribution in [2.45, 2.75) is 25.3 Å². The molecule has 1 fully saturated rings. The molecule has 31 heavy (non-hydrogen) atoms. The van der Waals surface area contributed by atoms with Crippen LogP contribution in [0.5, 0.6) is 0 Å². The van der Waals surface area contributed by atoms with Crippen LogP contribution in [0.3, 0.4) is 0 Å². The molecule has 6 nitrogen and oxygen atoms in total. The monoisotopic (exact) mass is 420 g/mol. The van der Waals surface area contributed by atoms with E-state index in [4.69, 9.17) is 10.5 Å². The lowest BCUT2D eigenvalue weighted by atomic mass is 9.96. The standard InChI is InChI=1S/C24H25FN4O2/c1-29(15-16-5-3-2-4-6-16)24(30)19-8-7-18(13-20(19)25)22-23(26)27-14-21(28-22)17-9-11-31-12-10-17/h2-8,13-14,17H,9-12,15H2,1H3,(H2,26,27). The predicted molar refractivity (Wildman–Crippen MR) is 117 cm³/mol. The molecular formula is C24H25FN4O2. The molecule has 2 N–H and O–H groups in total. The fourth-order valence-corrected chi connectivity index (χ4v) is 3.79. The second-order valence-corrected chi connectivity index (χ2v) is 7.76. The largest absolute Gasteiger partial charge is 0.382 e. The Kier molecular flexibility index (Phi) is 6.23. The van der Waals surface area contributed by atoms with Gasteiger partial charge in [-0.2, -0.15) is 0 Å². The number of halogens is 1. The first-order chi connectivity index (χ1) is 15.0. The minimum absolute atomic E-state index is 0.00861. The zero-order valence-electron chi connectivity index (χ0n) is 17.4. The average molecular weight is 420 g/mol. The third-order valence-electron chi connectivity index (χ3n) is 5.54. The number of rotatable bonds is 5. The van der Waals surface area contributed by atoms with Crippen LogP contribution >= 0.6 is 0 Å². The highest BCUT2D eigenvalue weighted by Gasteiger charge is 2.21. The molecule has 2 heterocycles. The molecule has 1 amide bonds. The Morgan fingerprint density at radius 2 is 1.94 bits per heavy atom. The van der Waals surface area contributed by atoms with Gasteiger partial charge in [-0.25, -0.2) is 14.4 Å². The second kappa shape index (κ2) is 9.22. The fourth-order valence-electron chi connectivity index (χ4n) is 3.79. The van der Waals surface area contributed by atoms with E-state index in [1.807, 2.05) is 30.3 Å². The Morgan fingerprint density at radius 1 is 1.19 bits per heavy atom. The first-order valence-electron chi connectivity index (χ1n) is 10.3. The van der Waals surface area contributed by atoms with Crippen LogP contribution < -0.4 is 5.73 Å². The van der Waals surface area contributed by atoms with Gasteiger partial charge in [0, 0.05) is 38.3 Å². The van der Waals surface area contributed by atoms with Crippen molar-refractivity contribution in [1.82, 2.24) is 14.9 Å². The Morgan fingerprint density at radius 3 is 2.65 bits per heavy atom. The van der Waals surface area contributed by atoms with Crippen molar-refractivity contribution >= 4 is 11.7 Å². The molecular weight excluding hydrogens is 395 g/mol. The molecule has 0 unspecified atom stereocenters. The number of benzene rings is 2. The van der Waals surface area contributed by atoms with E-state index in [-0.39, 0.29) is 23.2 Å². The van der Waals surface area contributed by atoms with Gasteiger partial charge in [0.25, 0.3) is 5.91 Å². The van der Waals surface area contributed by atoms with Gasteiger partial charge in [0.15, 0.2) is 0 Å². The summed E-state index contributed by atoms with van der Waals surface area (Å²) in [5.41, 5.74) is 8.78. The van der Waals surface area contributed by atoms with Crippen molar-refractivity contribution in [2.24, 2.45) is 0 Å². The van der Waals surface area contributed by atoms with Crippen molar-refractivity contribution < 1.29 is 13.9 Å². The number of nitrogen functional groups attached to an aromatic ring is 1. The summed E-state index contributed by atoms with van der Waals surface area (Å²) in [5.74, 6) is -0.517. The number of anilines is 1. The highest BCUT2D eigenvalue weighted by atomic mass is 19.1. The molecule has 0 saturated carbocycles. The molecule has 0 atom stereocenters. The van der Waals surface area contributed by atoms with Crippen LogP contribution in [0.1, 0.15) is 40.4 Å². The van der Waals surface area contributed by atoms with E-state index in [9.17, 15) is 9.18 Å². The smallest absolute Gasteiger partial charge is 0.256 e. The van der Waals surface area contributed by atoms with Gasteiger partial charge in [-0.1, -0.05) is 36.4 Å². The molecule has 0 bridgehead atoms. The van der Waals surface area contributed by atoms with E-state index >= 15 is 0 Å². The highest BCUT2D eigenvalue weighted by molar-refractivity contribution is 5.95. The van der Waals surface area contributed by atoms with Gasteiger partial charge in [-0.3, -0.25) is 4.79 Å². The van der Waals surface area contributed by atoms with E-state index in [0.717, 1.165) is 24.1 Å². The van der Waals surface area contributed by atoms with Crippen LogP contribution in [0.2, 0.25) is 0 Å². The predicted octanol–water partition coefficient (Wildman–Crippen LogP) is 4.03. The van der Waals surface area contributed by atoms with Crippen LogP contribution in [0.15, 0.2) is 54.7 Å². The minimum atomic E-state index is -0.611. The normalized spacial score (nSPS) is 14.4. The summed E-state index contributed by atoms with van der Waals surface area (Å²) in [6, 6.07) is 14.0. The number of nitrogens with two attached hydrogens (primary N) is 1. The molecule has 3 aromatic rings. The van der Waals surface area contributed by atoms with Crippen LogP contribution in [0, 0.1) is 5.82 Å². The SMILES string of the molecule is CN(Cc1ccccc1)C(=O)c1ccc(-c2nc(C3CCOCC3)cnc2N)cc1F. The first kappa shape index (κ1) is 20.9. The summed E-state index contributed by atoms with van der Waals surface area (Å²) in [6.07, 6.45) is 3.42. The quantitative estimate of drug-likeness (QED) is 0.674. The van der Waals surface area contributed by atoms with Crippen molar-refractivity contribution in [3.05, 3.63) is 77.4 Å². The number of nitrogens with zero attached hydrogens (tertiary/aromatic N) is 3. The number of ether oxygens (including phenoxy) is 1. The lowest BCUT2D eigenvalue weighted by molar-refractivity contribution is 0.0780. The maximum absolute atomic E-state index is 14.9. The molecule has 1 aliphatic rings. The fraction of sp³-hybridized carbons (Fsp3) is 0.292. The van der Waals surface area contributed by atoms with Gasteiger partial charge in [-0.15, -0.1) is 0 Å². The number of hydrogen-bond donors (Lipinski definition) is 1. The van der Waals surface area contributed by atoms with Gasteiger partial charge < -0.3 is 15.4 Å². The first-order valence-corrected chi connectivity index (χ1v) is 10.3. The molecule has 1 aromatic heterocycles.